The zero-order valence-electron chi connectivity index (χ0n) is 13.2. The number of aliphatic hydroxyl groups excluding tert-OH is 2. The molecule has 0 amide bonds. The van der Waals surface area contributed by atoms with Crippen LogP contribution in [0.3, 0.4) is 0 Å². The van der Waals surface area contributed by atoms with Crippen molar-refractivity contribution < 1.29 is 10.2 Å². The second-order valence-corrected chi connectivity index (χ2v) is 4.99. The average Bonchev–Trinajstić information content (AvgIpc) is 2.45. The van der Waals surface area contributed by atoms with Gasteiger partial charge in [0.15, 0.2) is 0 Å². The lowest BCUT2D eigenvalue weighted by Gasteiger charge is -2.01. The summed E-state index contributed by atoms with van der Waals surface area (Å²) in [5.41, 5.74) is 0. The quantitative estimate of drug-likeness (QED) is 0.394. The average molecular weight is 272 g/mol. The van der Waals surface area contributed by atoms with Crippen LogP contribution in [0.15, 0.2) is 12.2 Å². The van der Waals surface area contributed by atoms with Crippen LogP contribution >= 0.6 is 0 Å². The second kappa shape index (κ2) is 22.8. The number of allylic oxidation sites excluding steroid dienone is 2. The van der Waals surface area contributed by atoms with E-state index in [0.717, 1.165) is 0 Å². The van der Waals surface area contributed by atoms with Crippen molar-refractivity contribution in [2.45, 2.75) is 84.5 Å². The summed E-state index contributed by atoms with van der Waals surface area (Å²) in [6.45, 7) is 4.14. The molecule has 0 heterocycles. The van der Waals surface area contributed by atoms with E-state index < -0.39 is 0 Å². The first-order valence-corrected chi connectivity index (χ1v) is 8.16. The molecule has 0 aliphatic rings. The topological polar surface area (TPSA) is 40.5 Å². The van der Waals surface area contributed by atoms with Crippen molar-refractivity contribution in [1.82, 2.24) is 0 Å². The minimum absolute atomic E-state index is 0.125. The van der Waals surface area contributed by atoms with Gasteiger partial charge in [-0.25, -0.2) is 0 Å². The minimum atomic E-state index is -0.125. The van der Waals surface area contributed by atoms with Crippen LogP contribution in [0.25, 0.3) is 0 Å². The lowest BCUT2D eigenvalue weighted by molar-refractivity contribution is 0.186. The summed E-state index contributed by atoms with van der Waals surface area (Å²) in [5, 5.41) is 15.2. The van der Waals surface area contributed by atoms with Crippen molar-refractivity contribution in [2.24, 2.45) is 0 Å². The largest absolute Gasteiger partial charge is 0.394 e. The minimum Gasteiger partial charge on any atom is -0.394 e. The molecule has 2 heteroatoms. The van der Waals surface area contributed by atoms with Crippen molar-refractivity contribution in [3.63, 3.8) is 0 Å². The lowest BCUT2D eigenvalue weighted by Crippen LogP contribution is -1.85. The third kappa shape index (κ3) is 27.0. The fraction of sp³-hybridized carbons (Fsp3) is 0.882. The normalized spacial score (nSPS) is 10.5. The molecule has 0 aromatic heterocycles. The van der Waals surface area contributed by atoms with Gasteiger partial charge in [0.05, 0.1) is 13.2 Å². The molecule has 2 nitrogen and oxygen atoms in total. The molecule has 19 heavy (non-hydrogen) atoms. The molecule has 0 saturated heterocycles. The molecule has 0 rings (SSSR count). The van der Waals surface area contributed by atoms with E-state index in [2.05, 4.69) is 26.0 Å². The standard InChI is InChI=1S/C15H30.C2H6O2/c1-3-5-7-9-11-13-15-14-12-10-8-6-4-2;3-1-2-4/h3,5H,4,6-15H2,1-2H3;3-4H,1-2H2/b5-3+;. The van der Waals surface area contributed by atoms with Gasteiger partial charge in [0.2, 0.25) is 0 Å². The van der Waals surface area contributed by atoms with Crippen LogP contribution in [0.2, 0.25) is 0 Å². The van der Waals surface area contributed by atoms with Crippen LogP contribution in [-0.2, 0) is 0 Å². The van der Waals surface area contributed by atoms with E-state index in [1.165, 1.54) is 70.6 Å². The Hall–Kier alpha value is -0.340. The van der Waals surface area contributed by atoms with Gasteiger partial charge in [-0.15, -0.1) is 0 Å². The van der Waals surface area contributed by atoms with Gasteiger partial charge in [0.1, 0.15) is 0 Å². The summed E-state index contributed by atoms with van der Waals surface area (Å²) in [6.07, 6.45) is 20.1. The predicted octanol–water partition coefficient (Wildman–Crippen LogP) is 4.84. The van der Waals surface area contributed by atoms with E-state index in [1.54, 1.807) is 0 Å². The SMILES string of the molecule is C/C=C/CCCCCCCCCCCC.OCCO. The first-order chi connectivity index (χ1) is 9.33. The molecule has 0 aliphatic heterocycles. The second-order valence-electron chi connectivity index (χ2n) is 4.99. The molecule has 116 valence electrons. The van der Waals surface area contributed by atoms with Crippen LogP contribution < -0.4 is 0 Å². The van der Waals surface area contributed by atoms with E-state index in [1.807, 2.05) is 0 Å². The molecule has 0 bridgehead atoms. The highest BCUT2D eigenvalue weighted by Gasteiger charge is 1.91. The van der Waals surface area contributed by atoms with Crippen LogP contribution in [0, 0.1) is 0 Å². The zero-order chi connectivity index (χ0) is 14.6. The first kappa shape index (κ1) is 21.0. The smallest absolute Gasteiger partial charge is 0.0662 e. The molecule has 0 radical (unpaired) electrons. The number of rotatable bonds is 12. The van der Waals surface area contributed by atoms with Crippen molar-refractivity contribution in [1.29, 1.82) is 0 Å². The first-order valence-electron chi connectivity index (χ1n) is 8.16. The maximum Gasteiger partial charge on any atom is 0.0662 e. The molecular formula is C17H36O2. The zero-order valence-corrected chi connectivity index (χ0v) is 13.2. The molecule has 0 spiro atoms. The number of hydrogen-bond donors (Lipinski definition) is 2. The van der Waals surface area contributed by atoms with Gasteiger partial charge in [0.25, 0.3) is 0 Å². The molecule has 0 aromatic carbocycles. The number of aliphatic hydroxyl groups is 2. The molecule has 2 N–H and O–H groups in total. The van der Waals surface area contributed by atoms with Gasteiger partial charge in [-0.2, -0.15) is 0 Å². The number of hydrogen-bond acceptors (Lipinski definition) is 2. The molecule has 0 atom stereocenters. The Bertz CT molecular complexity index is 153. The van der Waals surface area contributed by atoms with E-state index in [4.69, 9.17) is 10.2 Å². The van der Waals surface area contributed by atoms with Gasteiger partial charge < -0.3 is 10.2 Å². The lowest BCUT2D eigenvalue weighted by atomic mass is 10.1. The van der Waals surface area contributed by atoms with Crippen LogP contribution in [-0.4, -0.2) is 23.4 Å². The highest BCUT2D eigenvalue weighted by atomic mass is 16.3. The highest BCUT2D eigenvalue weighted by molar-refractivity contribution is 4.76. The Morgan fingerprint density at radius 3 is 1.47 bits per heavy atom. The highest BCUT2D eigenvalue weighted by Crippen LogP contribution is 2.11. The Labute approximate surface area is 120 Å². The maximum absolute atomic E-state index is 7.62. The van der Waals surface area contributed by atoms with Gasteiger partial charge >= 0.3 is 0 Å². The summed E-state index contributed by atoms with van der Waals surface area (Å²) >= 11 is 0. The van der Waals surface area contributed by atoms with E-state index in [0.29, 0.717) is 0 Å². The Kier molecular flexibility index (Phi) is 25.2. The predicted molar refractivity (Wildman–Crippen MR) is 85.4 cm³/mol. The van der Waals surface area contributed by atoms with E-state index >= 15 is 0 Å². The third-order valence-corrected chi connectivity index (χ3v) is 3.06. The van der Waals surface area contributed by atoms with E-state index in [9.17, 15) is 0 Å². The summed E-state index contributed by atoms with van der Waals surface area (Å²) < 4.78 is 0. The maximum atomic E-state index is 7.62. The van der Waals surface area contributed by atoms with Crippen molar-refractivity contribution in [3.8, 4) is 0 Å². The molecule has 0 fully saturated rings. The van der Waals surface area contributed by atoms with Crippen molar-refractivity contribution in [3.05, 3.63) is 12.2 Å². The third-order valence-electron chi connectivity index (χ3n) is 3.06. The van der Waals surface area contributed by atoms with Crippen molar-refractivity contribution >= 4 is 0 Å². The van der Waals surface area contributed by atoms with Gasteiger partial charge in [-0.05, 0) is 19.8 Å². The fourth-order valence-corrected chi connectivity index (χ4v) is 1.92. The summed E-state index contributed by atoms with van der Waals surface area (Å²) in [7, 11) is 0. The Morgan fingerprint density at radius 2 is 1.11 bits per heavy atom. The van der Waals surface area contributed by atoms with E-state index in [-0.39, 0.29) is 13.2 Å². The number of unbranched alkanes of at least 4 members (excludes halogenated alkanes) is 10. The molecule has 0 unspecified atom stereocenters. The van der Waals surface area contributed by atoms with Crippen LogP contribution in [0.4, 0.5) is 0 Å². The summed E-state index contributed by atoms with van der Waals surface area (Å²) in [5.74, 6) is 0. The van der Waals surface area contributed by atoms with Crippen LogP contribution in [0.1, 0.15) is 84.5 Å². The monoisotopic (exact) mass is 272 g/mol. The Balaban J connectivity index is 0. The summed E-state index contributed by atoms with van der Waals surface area (Å²) in [6, 6.07) is 0. The van der Waals surface area contributed by atoms with Gasteiger partial charge in [-0.3, -0.25) is 0 Å². The van der Waals surface area contributed by atoms with Crippen molar-refractivity contribution in [2.75, 3.05) is 13.2 Å². The summed E-state index contributed by atoms with van der Waals surface area (Å²) in [4.78, 5) is 0. The Morgan fingerprint density at radius 1 is 0.684 bits per heavy atom. The molecule has 0 saturated carbocycles. The molecule has 0 aromatic rings. The van der Waals surface area contributed by atoms with Crippen LogP contribution in [0.5, 0.6) is 0 Å². The molecular weight excluding hydrogens is 236 g/mol. The van der Waals surface area contributed by atoms with Gasteiger partial charge in [-0.1, -0.05) is 76.9 Å². The van der Waals surface area contributed by atoms with Gasteiger partial charge in [0, 0.05) is 0 Å². The molecule has 0 aliphatic carbocycles. The fourth-order valence-electron chi connectivity index (χ4n) is 1.92.